The first-order chi connectivity index (χ1) is 9.14. The molecule has 0 unspecified atom stereocenters. The Morgan fingerprint density at radius 3 is 2.70 bits per heavy atom. The molecule has 20 heavy (non-hydrogen) atoms. The molecule has 2 atom stereocenters. The highest BCUT2D eigenvalue weighted by Crippen LogP contribution is 2.43. The van der Waals surface area contributed by atoms with Crippen molar-refractivity contribution in [1.82, 2.24) is 0 Å². The van der Waals surface area contributed by atoms with Gasteiger partial charge in [-0.05, 0) is 25.1 Å². The summed E-state index contributed by atoms with van der Waals surface area (Å²) in [5.74, 6) is -0.903. The normalized spacial score (nSPS) is 27.3. The van der Waals surface area contributed by atoms with Crippen LogP contribution in [0.5, 0.6) is 0 Å². The quantitative estimate of drug-likeness (QED) is 0.787. The lowest BCUT2D eigenvalue weighted by Gasteiger charge is -2.39. The van der Waals surface area contributed by atoms with Crippen molar-refractivity contribution in [1.29, 1.82) is 0 Å². The monoisotopic (exact) mass is 354 g/mol. The van der Waals surface area contributed by atoms with Crippen LogP contribution >= 0.6 is 15.9 Å². The summed E-state index contributed by atoms with van der Waals surface area (Å²) in [6.07, 6.45) is -6.95. The predicted molar refractivity (Wildman–Crippen MR) is 68.9 cm³/mol. The van der Waals surface area contributed by atoms with Gasteiger partial charge in [-0.25, -0.2) is 4.39 Å². The maximum absolute atomic E-state index is 13.9. The molecule has 1 aromatic carbocycles. The Bertz CT molecular complexity index is 561. The Hall–Kier alpha value is -1.15. The molecule has 1 aromatic rings. The maximum Gasteiger partial charge on any atom is 0.417 e. The molecule has 2 rings (SSSR count). The van der Waals surface area contributed by atoms with Crippen molar-refractivity contribution in [2.24, 2.45) is 10.7 Å². The van der Waals surface area contributed by atoms with Gasteiger partial charge in [0.15, 0.2) is 6.10 Å². The van der Waals surface area contributed by atoms with Gasteiger partial charge in [0.1, 0.15) is 23.8 Å². The van der Waals surface area contributed by atoms with Crippen molar-refractivity contribution in [2.75, 3.05) is 6.61 Å². The first-order valence-electron chi connectivity index (χ1n) is 5.62. The molecule has 3 nitrogen and oxygen atoms in total. The van der Waals surface area contributed by atoms with E-state index in [1.807, 2.05) is 0 Å². The molecule has 8 heteroatoms. The number of hydrogen-bond donors (Lipinski definition) is 1. The second-order valence-electron chi connectivity index (χ2n) is 4.61. The summed E-state index contributed by atoms with van der Waals surface area (Å²) in [5, 5.41) is 0. The number of alkyl halides is 3. The molecular weight excluding hydrogens is 344 g/mol. The SMILES string of the molecule is C[C@@]1(c2cc(Br)ccc2F)N=C(N)CO[C@H]1C(F)(F)F. The molecular formula is C12H11BrF4N2O. The third kappa shape index (κ3) is 2.67. The van der Waals surface area contributed by atoms with E-state index in [9.17, 15) is 17.6 Å². The van der Waals surface area contributed by atoms with E-state index in [4.69, 9.17) is 10.5 Å². The molecule has 1 aliphatic rings. The molecule has 0 aromatic heterocycles. The molecule has 0 saturated heterocycles. The van der Waals surface area contributed by atoms with Crippen LogP contribution < -0.4 is 5.73 Å². The topological polar surface area (TPSA) is 47.6 Å². The number of hydrogen-bond acceptors (Lipinski definition) is 3. The van der Waals surface area contributed by atoms with E-state index < -0.39 is 30.2 Å². The molecule has 0 fully saturated rings. The molecule has 0 radical (unpaired) electrons. The van der Waals surface area contributed by atoms with Crippen LogP contribution in [0.15, 0.2) is 27.7 Å². The van der Waals surface area contributed by atoms with Gasteiger partial charge < -0.3 is 10.5 Å². The van der Waals surface area contributed by atoms with Crippen molar-refractivity contribution in [3.63, 3.8) is 0 Å². The van der Waals surface area contributed by atoms with Crippen molar-refractivity contribution in [3.8, 4) is 0 Å². The van der Waals surface area contributed by atoms with E-state index in [-0.39, 0.29) is 11.4 Å². The number of aliphatic imine (C=N–C) groups is 1. The Labute approximate surface area is 120 Å². The zero-order valence-electron chi connectivity index (χ0n) is 10.3. The number of rotatable bonds is 1. The predicted octanol–water partition coefficient (Wildman–Crippen LogP) is 3.12. The van der Waals surface area contributed by atoms with Gasteiger partial charge in [-0.15, -0.1) is 0 Å². The van der Waals surface area contributed by atoms with Gasteiger partial charge in [-0.3, -0.25) is 4.99 Å². The van der Waals surface area contributed by atoms with Crippen molar-refractivity contribution >= 4 is 21.8 Å². The molecule has 0 spiro atoms. The largest absolute Gasteiger partial charge is 0.417 e. The Morgan fingerprint density at radius 2 is 2.10 bits per heavy atom. The second kappa shape index (κ2) is 5.00. The highest BCUT2D eigenvalue weighted by atomic mass is 79.9. The number of ether oxygens (including phenoxy) is 1. The number of benzene rings is 1. The number of nitrogens with zero attached hydrogens (tertiary/aromatic N) is 1. The Morgan fingerprint density at radius 1 is 1.45 bits per heavy atom. The number of halogens is 5. The van der Waals surface area contributed by atoms with Gasteiger partial charge in [0.2, 0.25) is 0 Å². The van der Waals surface area contributed by atoms with E-state index in [0.29, 0.717) is 4.47 Å². The molecule has 2 N–H and O–H groups in total. The van der Waals surface area contributed by atoms with Gasteiger partial charge in [0, 0.05) is 10.0 Å². The van der Waals surface area contributed by atoms with Crippen molar-refractivity contribution < 1.29 is 22.3 Å². The fourth-order valence-electron chi connectivity index (χ4n) is 2.22. The summed E-state index contributed by atoms with van der Waals surface area (Å²) in [4.78, 5) is 3.82. The second-order valence-corrected chi connectivity index (χ2v) is 5.52. The molecule has 0 aliphatic carbocycles. The van der Waals surface area contributed by atoms with E-state index in [0.717, 1.165) is 13.0 Å². The molecule has 1 heterocycles. The maximum atomic E-state index is 13.9. The zero-order valence-corrected chi connectivity index (χ0v) is 11.9. The minimum absolute atomic E-state index is 0.104. The lowest BCUT2D eigenvalue weighted by molar-refractivity contribution is -0.238. The smallest absolute Gasteiger partial charge is 0.386 e. The Balaban J connectivity index is 2.63. The van der Waals surface area contributed by atoms with Crippen LogP contribution in [-0.2, 0) is 10.3 Å². The Kier molecular flexibility index (Phi) is 3.81. The summed E-state index contributed by atoms with van der Waals surface area (Å²) >= 11 is 3.10. The van der Waals surface area contributed by atoms with Gasteiger partial charge in [0.05, 0.1) is 0 Å². The molecule has 0 bridgehead atoms. The number of nitrogens with two attached hydrogens (primary N) is 1. The molecule has 1 aliphatic heterocycles. The lowest BCUT2D eigenvalue weighted by Crippen LogP contribution is -2.53. The highest BCUT2D eigenvalue weighted by Gasteiger charge is 2.56. The third-order valence-electron chi connectivity index (χ3n) is 3.06. The van der Waals surface area contributed by atoms with Crippen LogP contribution in [0.3, 0.4) is 0 Å². The lowest BCUT2D eigenvalue weighted by atomic mass is 9.85. The van der Waals surface area contributed by atoms with Gasteiger partial charge in [0.25, 0.3) is 0 Å². The average Bonchev–Trinajstić information content (AvgIpc) is 2.30. The van der Waals surface area contributed by atoms with Crippen LogP contribution in [0.1, 0.15) is 12.5 Å². The van der Waals surface area contributed by atoms with E-state index in [1.54, 1.807) is 0 Å². The molecule has 0 saturated carbocycles. The minimum atomic E-state index is -4.69. The van der Waals surface area contributed by atoms with Crippen LogP contribution in [0, 0.1) is 5.82 Å². The fraction of sp³-hybridized carbons (Fsp3) is 0.417. The van der Waals surface area contributed by atoms with Crippen LogP contribution in [-0.4, -0.2) is 24.7 Å². The summed E-state index contributed by atoms with van der Waals surface area (Å²) in [7, 11) is 0. The van der Waals surface area contributed by atoms with Crippen LogP contribution in [0.25, 0.3) is 0 Å². The average molecular weight is 355 g/mol. The molecule has 0 amide bonds. The fourth-order valence-corrected chi connectivity index (χ4v) is 2.58. The van der Waals surface area contributed by atoms with Crippen molar-refractivity contribution in [2.45, 2.75) is 24.7 Å². The number of amidine groups is 1. The first-order valence-corrected chi connectivity index (χ1v) is 6.42. The standard InChI is InChI=1S/C12H11BrF4N2O/c1-11(7-4-6(13)2-3-8(7)14)10(12(15,16)17)20-5-9(18)19-11/h2-4,10H,5H2,1H3,(H2,18,19)/t10-,11+/m1/s1. The highest BCUT2D eigenvalue weighted by molar-refractivity contribution is 9.10. The van der Waals surface area contributed by atoms with E-state index in [1.165, 1.54) is 12.1 Å². The van der Waals surface area contributed by atoms with Gasteiger partial charge >= 0.3 is 6.18 Å². The summed E-state index contributed by atoms with van der Waals surface area (Å²) in [5.41, 5.74) is 3.28. The third-order valence-corrected chi connectivity index (χ3v) is 3.55. The van der Waals surface area contributed by atoms with Crippen LogP contribution in [0.4, 0.5) is 17.6 Å². The van der Waals surface area contributed by atoms with Gasteiger partial charge in [-0.2, -0.15) is 13.2 Å². The summed E-state index contributed by atoms with van der Waals surface area (Å²) in [6, 6.07) is 3.71. The summed E-state index contributed by atoms with van der Waals surface area (Å²) in [6.45, 7) is 0.720. The van der Waals surface area contributed by atoms with E-state index >= 15 is 0 Å². The summed E-state index contributed by atoms with van der Waals surface area (Å²) < 4.78 is 58.5. The van der Waals surface area contributed by atoms with Crippen molar-refractivity contribution in [3.05, 3.63) is 34.1 Å². The first kappa shape index (κ1) is 15.2. The van der Waals surface area contributed by atoms with Crippen LogP contribution in [0.2, 0.25) is 0 Å². The minimum Gasteiger partial charge on any atom is -0.386 e. The van der Waals surface area contributed by atoms with E-state index in [2.05, 4.69) is 20.9 Å². The zero-order chi connectivity index (χ0) is 15.1. The van der Waals surface area contributed by atoms with Gasteiger partial charge in [-0.1, -0.05) is 15.9 Å². The molecule has 110 valence electrons.